The third-order valence-corrected chi connectivity index (χ3v) is 6.52. The molecule has 1 aromatic heterocycles. The van der Waals surface area contributed by atoms with Gasteiger partial charge in [0.25, 0.3) is 5.91 Å². The van der Waals surface area contributed by atoms with Crippen LogP contribution < -0.4 is 5.32 Å². The monoisotopic (exact) mass is 414 g/mol. The first kappa shape index (κ1) is 20.1. The predicted octanol–water partition coefficient (Wildman–Crippen LogP) is 5.32. The molecule has 0 unspecified atom stereocenters. The average Bonchev–Trinajstić information content (AvgIpc) is 3.40. The Morgan fingerprint density at radius 2 is 1.77 bits per heavy atom. The van der Waals surface area contributed by atoms with E-state index >= 15 is 0 Å². The van der Waals surface area contributed by atoms with Crippen LogP contribution in [0, 0.1) is 0 Å². The van der Waals surface area contributed by atoms with Crippen molar-refractivity contribution in [2.24, 2.45) is 0 Å². The molecular formula is C27H30N2O2. The van der Waals surface area contributed by atoms with Crippen LogP contribution in [0.3, 0.4) is 0 Å². The molecular weight excluding hydrogens is 384 g/mol. The molecule has 1 fully saturated rings. The lowest BCUT2D eigenvalue weighted by molar-refractivity contribution is 0.0858. The number of nitrogens with one attached hydrogen (secondary N) is 1. The summed E-state index contributed by atoms with van der Waals surface area (Å²) in [5, 5.41) is 3.02. The Labute approximate surface area is 184 Å². The first-order chi connectivity index (χ1) is 15.3. The van der Waals surface area contributed by atoms with Gasteiger partial charge in [-0.3, -0.25) is 4.79 Å². The smallest absolute Gasteiger partial charge is 0.251 e. The second-order valence-electron chi connectivity index (χ2n) is 8.66. The third-order valence-electron chi connectivity index (χ3n) is 6.52. The molecule has 160 valence electrons. The number of nitrogens with zero attached hydrogens (tertiary/aromatic N) is 1. The van der Waals surface area contributed by atoms with E-state index in [9.17, 15) is 4.79 Å². The van der Waals surface area contributed by atoms with Crippen molar-refractivity contribution in [3.8, 4) is 16.9 Å². The fourth-order valence-corrected chi connectivity index (χ4v) is 4.87. The number of hydrogen-bond acceptors (Lipinski definition) is 2. The Balaban J connectivity index is 1.44. The van der Waals surface area contributed by atoms with Gasteiger partial charge in [0.15, 0.2) is 0 Å². The van der Waals surface area contributed by atoms with Crippen molar-refractivity contribution in [1.82, 2.24) is 9.88 Å². The predicted molar refractivity (Wildman–Crippen MR) is 124 cm³/mol. The Bertz CT molecular complexity index is 1030. The highest BCUT2D eigenvalue weighted by Crippen LogP contribution is 2.33. The summed E-state index contributed by atoms with van der Waals surface area (Å²) >= 11 is 0. The van der Waals surface area contributed by atoms with Crippen molar-refractivity contribution < 1.29 is 9.53 Å². The van der Waals surface area contributed by atoms with E-state index in [0.717, 1.165) is 38.0 Å². The Morgan fingerprint density at radius 1 is 0.968 bits per heavy atom. The van der Waals surface area contributed by atoms with Gasteiger partial charge in [-0.15, -0.1) is 0 Å². The second kappa shape index (κ2) is 9.11. The number of benzene rings is 2. The highest BCUT2D eigenvalue weighted by molar-refractivity contribution is 5.94. The van der Waals surface area contributed by atoms with Crippen molar-refractivity contribution in [2.45, 2.75) is 51.0 Å². The van der Waals surface area contributed by atoms with Crippen LogP contribution in [0.1, 0.15) is 53.7 Å². The molecule has 5 rings (SSSR count). The molecule has 3 aromatic rings. The van der Waals surface area contributed by atoms with Crippen LogP contribution in [-0.2, 0) is 17.6 Å². The van der Waals surface area contributed by atoms with Crippen LogP contribution in [0.2, 0.25) is 0 Å². The van der Waals surface area contributed by atoms with Gasteiger partial charge in [0.1, 0.15) is 0 Å². The molecule has 1 atom stereocenters. The minimum Gasteiger partial charge on any atom is -0.376 e. The molecule has 1 amide bonds. The van der Waals surface area contributed by atoms with Gasteiger partial charge in [0.2, 0.25) is 0 Å². The third kappa shape index (κ3) is 4.31. The first-order valence-corrected chi connectivity index (χ1v) is 11.6. The van der Waals surface area contributed by atoms with E-state index in [-0.39, 0.29) is 12.0 Å². The molecule has 4 heteroatoms. The number of carbonyl (C=O) groups is 1. The largest absolute Gasteiger partial charge is 0.376 e. The summed E-state index contributed by atoms with van der Waals surface area (Å²) in [5.41, 5.74) is 7.18. The minimum atomic E-state index is -0.0309. The van der Waals surface area contributed by atoms with Crippen molar-refractivity contribution >= 4 is 5.91 Å². The van der Waals surface area contributed by atoms with Crippen LogP contribution in [0.5, 0.6) is 0 Å². The van der Waals surface area contributed by atoms with E-state index in [1.165, 1.54) is 41.8 Å². The number of rotatable bonds is 5. The molecule has 4 nitrogen and oxygen atoms in total. The van der Waals surface area contributed by atoms with Gasteiger partial charge in [-0.1, -0.05) is 36.8 Å². The lowest BCUT2D eigenvalue weighted by atomic mass is 10.1. The first-order valence-electron chi connectivity index (χ1n) is 11.6. The van der Waals surface area contributed by atoms with Crippen LogP contribution in [0.15, 0.2) is 60.7 Å². The molecule has 0 spiro atoms. The zero-order chi connectivity index (χ0) is 21.0. The Morgan fingerprint density at radius 3 is 2.55 bits per heavy atom. The molecule has 1 aliphatic heterocycles. The van der Waals surface area contributed by atoms with Gasteiger partial charge >= 0.3 is 0 Å². The number of ether oxygens (including phenoxy) is 1. The number of amides is 1. The maximum absolute atomic E-state index is 12.6. The van der Waals surface area contributed by atoms with Crippen LogP contribution in [-0.4, -0.2) is 29.7 Å². The molecule has 31 heavy (non-hydrogen) atoms. The zero-order valence-corrected chi connectivity index (χ0v) is 18.0. The summed E-state index contributed by atoms with van der Waals surface area (Å²) in [7, 11) is 0. The highest BCUT2D eigenvalue weighted by atomic mass is 16.5. The van der Waals surface area contributed by atoms with Crippen molar-refractivity contribution in [3.05, 3.63) is 77.5 Å². The van der Waals surface area contributed by atoms with Crippen molar-refractivity contribution in [3.63, 3.8) is 0 Å². The van der Waals surface area contributed by atoms with E-state index in [1.54, 1.807) is 0 Å². The van der Waals surface area contributed by atoms with Gasteiger partial charge < -0.3 is 14.6 Å². The molecule has 0 bridgehead atoms. The maximum atomic E-state index is 12.6. The van der Waals surface area contributed by atoms with Gasteiger partial charge in [-0.25, -0.2) is 0 Å². The lowest BCUT2D eigenvalue weighted by Gasteiger charge is -2.15. The van der Waals surface area contributed by atoms with E-state index < -0.39 is 0 Å². The number of aryl methyl sites for hydroxylation is 1. The van der Waals surface area contributed by atoms with Gasteiger partial charge in [0, 0.05) is 30.1 Å². The van der Waals surface area contributed by atoms with Crippen LogP contribution in [0.25, 0.3) is 16.9 Å². The summed E-state index contributed by atoms with van der Waals surface area (Å²) in [6.07, 6.45) is 8.30. The summed E-state index contributed by atoms with van der Waals surface area (Å²) in [6, 6.07) is 21.0. The summed E-state index contributed by atoms with van der Waals surface area (Å²) < 4.78 is 8.01. The Hall–Kier alpha value is -2.85. The number of hydrogen-bond donors (Lipinski definition) is 1. The zero-order valence-electron chi connectivity index (χ0n) is 18.0. The van der Waals surface area contributed by atoms with E-state index in [0.29, 0.717) is 12.1 Å². The van der Waals surface area contributed by atoms with Crippen molar-refractivity contribution in [2.75, 3.05) is 13.2 Å². The molecule has 0 radical (unpaired) electrons. The van der Waals surface area contributed by atoms with Gasteiger partial charge in [0.05, 0.1) is 11.8 Å². The molecule has 2 aromatic carbocycles. The SMILES string of the molecule is O=C(NC[C@@H]1CCCO1)c1ccc(-n2c(-c3ccccc3)cc3c2CCCCC3)cc1. The van der Waals surface area contributed by atoms with E-state index in [1.807, 2.05) is 12.1 Å². The molecule has 1 saturated heterocycles. The quantitative estimate of drug-likeness (QED) is 0.574. The molecule has 2 heterocycles. The van der Waals surface area contributed by atoms with Gasteiger partial charge in [-0.2, -0.15) is 0 Å². The number of aromatic nitrogens is 1. The maximum Gasteiger partial charge on any atom is 0.251 e. The minimum absolute atomic E-state index is 0.0309. The van der Waals surface area contributed by atoms with E-state index in [4.69, 9.17) is 4.74 Å². The normalized spacial score (nSPS) is 18.4. The molecule has 1 N–H and O–H groups in total. The van der Waals surface area contributed by atoms with Crippen LogP contribution >= 0.6 is 0 Å². The van der Waals surface area contributed by atoms with Crippen molar-refractivity contribution in [1.29, 1.82) is 0 Å². The highest BCUT2D eigenvalue weighted by Gasteiger charge is 2.20. The Kier molecular flexibility index (Phi) is 5.90. The van der Waals surface area contributed by atoms with E-state index in [2.05, 4.69) is 58.4 Å². The molecule has 2 aliphatic rings. The summed E-state index contributed by atoms with van der Waals surface area (Å²) in [4.78, 5) is 12.6. The lowest BCUT2D eigenvalue weighted by Crippen LogP contribution is -2.31. The average molecular weight is 415 g/mol. The number of carbonyl (C=O) groups excluding carboxylic acids is 1. The molecule has 1 aliphatic carbocycles. The number of fused-ring (bicyclic) bond motifs is 1. The second-order valence-corrected chi connectivity index (χ2v) is 8.66. The standard InChI is InChI=1S/C27H30N2O2/c30-27(28-19-24-11-7-17-31-24)21-13-15-23(16-14-21)29-25-12-6-2-5-10-22(25)18-26(29)20-8-3-1-4-9-20/h1,3-4,8-9,13-16,18,24H,2,5-7,10-12,17,19H2,(H,28,30)/t24-/m0/s1. The fraction of sp³-hybridized carbons (Fsp3) is 0.370. The fourth-order valence-electron chi connectivity index (χ4n) is 4.87. The topological polar surface area (TPSA) is 43.3 Å². The van der Waals surface area contributed by atoms with Gasteiger partial charge in [-0.05, 0) is 80.0 Å². The molecule has 0 saturated carbocycles. The summed E-state index contributed by atoms with van der Waals surface area (Å²) in [5.74, 6) is -0.0309. The summed E-state index contributed by atoms with van der Waals surface area (Å²) in [6.45, 7) is 1.39. The van der Waals surface area contributed by atoms with Crippen LogP contribution in [0.4, 0.5) is 0 Å².